The van der Waals surface area contributed by atoms with E-state index in [2.05, 4.69) is 52.5 Å². The number of hydrogen-bond acceptors (Lipinski definition) is 5. The maximum Gasteiger partial charge on any atom is 0.230 e. The first-order chi connectivity index (χ1) is 14.1. The fraction of sp³-hybridized carbons (Fsp3) is 0.364. The van der Waals surface area contributed by atoms with Crippen molar-refractivity contribution in [2.24, 2.45) is 0 Å². The summed E-state index contributed by atoms with van der Waals surface area (Å²) in [4.78, 5) is 16.6. The van der Waals surface area contributed by atoms with Gasteiger partial charge in [0.1, 0.15) is 0 Å². The summed E-state index contributed by atoms with van der Waals surface area (Å²) < 4.78 is 2.01. The molecule has 1 aromatic carbocycles. The lowest BCUT2D eigenvalue weighted by atomic mass is 10.1. The molecule has 1 N–H and O–H groups in total. The summed E-state index contributed by atoms with van der Waals surface area (Å²) >= 11 is 1.42. The van der Waals surface area contributed by atoms with Gasteiger partial charge < -0.3 is 5.32 Å². The first-order valence-corrected chi connectivity index (χ1v) is 11.0. The lowest BCUT2D eigenvalue weighted by Crippen LogP contribution is -2.33. The largest absolute Gasteiger partial charge is 0.353 e. The molecule has 0 aliphatic heterocycles. The third-order valence-corrected chi connectivity index (χ3v) is 6.28. The molecule has 0 radical (unpaired) electrons. The Labute approximate surface area is 175 Å². The first-order valence-electron chi connectivity index (χ1n) is 9.97. The van der Waals surface area contributed by atoms with Gasteiger partial charge in [0, 0.05) is 24.0 Å². The van der Waals surface area contributed by atoms with Gasteiger partial charge in [-0.15, -0.1) is 10.2 Å². The first kappa shape index (κ1) is 19.6. The third kappa shape index (κ3) is 4.50. The average molecular weight is 408 g/mol. The number of amides is 1. The molecule has 0 atom stereocenters. The van der Waals surface area contributed by atoms with Crippen LogP contribution in [0.5, 0.6) is 0 Å². The molecule has 150 valence electrons. The van der Waals surface area contributed by atoms with Crippen molar-refractivity contribution < 1.29 is 4.79 Å². The van der Waals surface area contributed by atoms with Gasteiger partial charge in [-0.1, -0.05) is 30.7 Å². The Kier molecular flexibility index (Phi) is 5.94. The molecule has 0 saturated heterocycles. The second-order valence-corrected chi connectivity index (χ2v) is 8.43. The second kappa shape index (κ2) is 8.78. The fourth-order valence-electron chi connectivity index (χ4n) is 3.61. The molecule has 1 fully saturated rings. The number of nitrogens with zero attached hydrogens (tertiary/aromatic N) is 4. The summed E-state index contributed by atoms with van der Waals surface area (Å²) in [5.41, 5.74) is 4.30. The molecule has 2 aromatic heterocycles. The molecule has 1 aliphatic rings. The van der Waals surface area contributed by atoms with E-state index in [0.29, 0.717) is 17.0 Å². The molecule has 0 spiro atoms. The predicted octanol–water partition coefficient (Wildman–Crippen LogP) is 4.10. The van der Waals surface area contributed by atoms with E-state index in [4.69, 9.17) is 0 Å². The smallest absolute Gasteiger partial charge is 0.230 e. The van der Waals surface area contributed by atoms with E-state index in [1.54, 1.807) is 12.4 Å². The van der Waals surface area contributed by atoms with Gasteiger partial charge in [0.2, 0.25) is 5.91 Å². The minimum absolute atomic E-state index is 0.0551. The quantitative estimate of drug-likeness (QED) is 0.623. The van der Waals surface area contributed by atoms with E-state index in [1.165, 1.54) is 35.7 Å². The van der Waals surface area contributed by atoms with E-state index in [1.807, 2.05) is 16.7 Å². The van der Waals surface area contributed by atoms with Gasteiger partial charge in [-0.05, 0) is 62.1 Å². The van der Waals surface area contributed by atoms with Gasteiger partial charge in [0.05, 0.1) is 11.4 Å². The summed E-state index contributed by atoms with van der Waals surface area (Å²) in [5.74, 6) is 1.10. The highest BCUT2D eigenvalue weighted by atomic mass is 32.2. The number of nitrogens with one attached hydrogen (secondary N) is 1. The van der Waals surface area contributed by atoms with Gasteiger partial charge in [0.15, 0.2) is 11.0 Å². The van der Waals surface area contributed by atoms with Gasteiger partial charge in [-0.3, -0.25) is 14.3 Å². The zero-order valence-corrected chi connectivity index (χ0v) is 17.6. The highest BCUT2D eigenvalue weighted by Crippen LogP contribution is 2.28. The maximum atomic E-state index is 12.4. The van der Waals surface area contributed by atoms with Gasteiger partial charge in [0.25, 0.3) is 0 Å². The summed E-state index contributed by atoms with van der Waals surface area (Å²) in [6.07, 6.45) is 8.09. The Bertz CT molecular complexity index is 996. The number of thioether (sulfide) groups is 1. The van der Waals surface area contributed by atoms with Gasteiger partial charge in [-0.25, -0.2) is 0 Å². The second-order valence-electron chi connectivity index (χ2n) is 7.49. The molecule has 4 rings (SSSR count). The van der Waals surface area contributed by atoms with Crippen LogP contribution in [-0.2, 0) is 4.79 Å². The topological polar surface area (TPSA) is 72.7 Å². The van der Waals surface area contributed by atoms with E-state index < -0.39 is 0 Å². The van der Waals surface area contributed by atoms with E-state index in [0.717, 1.165) is 29.9 Å². The van der Waals surface area contributed by atoms with Gasteiger partial charge in [-0.2, -0.15) is 0 Å². The van der Waals surface area contributed by atoms with Crippen molar-refractivity contribution in [2.45, 2.75) is 50.7 Å². The van der Waals surface area contributed by atoms with Crippen molar-refractivity contribution in [1.82, 2.24) is 25.1 Å². The molecule has 2 heterocycles. The van der Waals surface area contributed by atoms with Crippen LogP contribution in [0.3, 0.4) is 0 Å². The number of carbonyl (C=O) groups excluding carboxylic acids is 1. The summed E-state index contributed by atoms with van der Waals surface area (Å²) in [7, 11) is 0. The molecule has 6 nitrogen and oxygen atoms in total. The number of hydrogen-bond donors (Lipinski definition) is 1. The molecule has 0 unspecified atom stereocenters. The highest BCUT2D eigenvalue weighted by molar-refractivity contribution is 7.99. The van der Waals surface area contributed by atoms with Crippen LogP contribution in [0.15, 0.2) is 47.9 Å². The lowest BCUT2D eigenvalue weighted by molar-refractivity contribution is -0.119. The molecular weight excluding hydrogens is 382 g/mol. The zero-order chi connectivity index (χ0) is 20.2. The van der Waals surface area contributed by atoms with Crippen LogP contribution in [0.25, 0.3) is 17.1 Å². The van der Waals surface area contributed by atoms with Crippen molar-refractivity contribution in [3.63, 3.8) is 0 Å². The third-order valence-electron chi connectivity index (χ3n) is 5.35. The lowest BCUT2D eigenvalue weighted by Gasteiger charge is -2.13. The Balaban J connectivity index is 1.62. The normalized spacial score (nSPS) is 14.3. The molecule has 3 aromatic rings. The van der Waals surface area contributed by atoms with E-state index >= 15 is 0 Å². The van der Waals surface area contributed by atoms with Crippen molar-refractivity contribution in [3.05, 3.63) is 53.9 Å². The monoisotopic (exact) mass is 407 g/mol. The van der Waals surface area contributed by atoms with Crippen LogP contribution < -0.4 is 5.32 Å². The van der Waals surface area contributed by atoms with Crippen molar-refractivity contribution in [1.29, 1.82) is 0 Å². The maximum absolute atomic E-state index is 12.4. The molecule has 7 heteroatoms. The SMILES string of the molecule is Cc1ccc(-n2c(SCC(=O)NC3CCCC3)nnc2-c2cccnc2)cc1C. The Morgan fingerprint density at radius 2 is 2.00 bits per heavy atom. The number of rotatable bonds is 6. The van der Waals surface area contributed by atoms with Crippen LogP contribution in [0.1, 0.15) is 36.8 Å². The van der Waals surface area contributed by atoms with Crippen LogP contribution >= 0.6 is 11.8 Å². The molecular formula is C22H25N5OS. The highest BCUT2D eigenvalue weighted by Gasteiger charge is 2.20. The van der Waals surface area contributed by atoms with E-state index in [9.17, 15) is 4.79 Å². The molecule has 1 amide bonds. The fourth-order valence-corrected chi connectivity index (χ4v) is 4.38. The molecule has 29 heavy (non-hydrogen) atoms. The van der Waals surface area contributed by atoms with Crippen molar-refractivity contribution in [3.8, 4) is 17.1 Å². The van der Waals surface area contributed by atoms with Crippen molar-refractivity contribution in [2.75, 3.05) is 5.75 Å². The van der Waals surface area contributed by atoms with Crippen molar-refractivity contribution >= 4 is 17.7 Å². The summed E-state index contributed by atoms with van der Waals surface area (Å²) in [6.45, 7) is 4.19. The van der Waals surface area contributed by atoms with Crippen LogP contribution in [0, 0.1) is 13.8 Å². The summed E-state index contributed by atoms with van der Waals surface area (Å²) in [6, 6.07) is 10.5. The Morgan fingerprint density at radius 1 is 1.17 bits per heavy atom. The minimum atomic E-state index is 0.0551. The number of pyridine rings is 1. The number of benzene rings is 1. The molecule has 0 bridgehead atoms. The Morgan fingerprint density at radius 3 is 2.72 bits per heavy atom. The van der Waals surface area contributed by atoms with Crippen LogP contribution in [0.2, 0.25) is 0 Å². The zero-order valence-electron chi connectivity index (χ0n) is 16.8. The number of aromatic nitrogens is 4. The van der Waals surface area contributed by atoms with Gasteiger partial charge >= 0.3 is 0 Å². The Hall–Kier alpha value is -2.67. The van der Waals surface area contributed by atoms with Crippen LogP contribution in [0.4, 0.5) is 0 Å². The predicted molar refractivity (Wildman–Crippen MR) is 115 cm³/mol. The minimum Gasteiger partial charge on any atom is -0.353 e. The number of aryl methyl sites for hydroxylation is 2. The average Bonchev–Trinajstić information content (AvgIpc) is 3.39. The van der Waals surface area contributed by atoms with E-state index in [-0.39, 0.29) is 5.91 Å². The van der Waals surface area contributed by atoms with Crippen LogP contribution in [-0.4, -0.2) is 37.5 Å². The molecule has 1 aliphatic carbocycles. The standard InChI is InChI=1S/C22H25N5OS/c1-15-9-10-19(12-16(15)2)27-21(17-6-5-11-23-13-17)25-26-22(27)29-14-20(28)24-18-7-3-4-8-18/h5-6,9-13,18H,3-4,7-8,14H2,1-2H3,(H,24,28). The summed E-state index contributed by atoms with van der Waals surface area (Å²) in [5, 5.41) is 12.6. The number of carbonyl (C=O) groups is 1. The molecule has 1 saturated carbocycles.